The summed E-state index contributed by atoms with van der Waals surface area (Å²) >= 11 is 3.64. The lowest BCUT2D eigenvalue weighted by Crippen LogP contribution is -2.38. The Morgan fingerprint density at radius 1 is 0.667 bits per heavy atom. The van der Waals surface area contributed by atoms with Crippen molar-refractivity contribution in [3.63, 3.8) is 0 Å². The maximum atomic E-state index is 11.3. The highest BCUT2D eigenvalue weighted by atomic mass is 32.1. The second-order valence-corrected chi connectivity index (χ2v) is 16.2. The number of benzene rings is 2. The molecular formula is C48H66N8O5S2. The number of alkyl carbamates (subject to hydrolysis) is 1. The number of nitrogens with one attached hydrogen (secondary N) is 4. The van der Waals surface area contributed by atoms with Crippen LogP contribution in [0.2, 0.25) is 0 Å². The fourth-order valence-electron chi connectivity index (χ4n) is 6.29. The van der Waals surface area contributed by atoms with Crippen molar-refractivity contribution in [1.29, 1.82) is 0 Å². The van der Waals surface area contributed by atoms with Gasteiger partial charge in [0, 0.05) is 61.2 Å². The molecule has 0 atom stereocenters. The van der Waals surface area contributed by atoms with Gasteiger partial charge in [0.1, 0.15) is 6.54 Å². The fourth-order valence-corrected chi connectivity index (χ4v) is 8.74. The van der Waals surface area contributed by atoms with Crippen LogP contribution in [0.25, 0.3) is 54.2 Å². The van der Waals surface area contributed by atoms with Crippen molar-refractivity contribution in [1.82, 2.24) is 40.6 Å². The van der Waals surface area contributed by atoms with E-state index >= 15 is 0 Å². The molecule has 6 aromatic rings. The topological polar surface area (TPSA) is 165 Å². The van der Waals surface area contributed by atoms with Crippen LogP contribution in [0.4, 0.5) is 4.79 Å². The predicted octanol–water partition coefficient (Wildman–Crippen LogP) is 10.6. The number of thiophene rings is 2. The third-order valence-electron chi connectivity index (χ3n) is 9.27. The molecule has 2 aliphatic rings. The lowest BCUT2D eigenvalue weighted by molar-refractivity contribution is -0.131. The first-order valence-corrected chi connectivity index (χ1v) is 23.7. The van der Waals surface area contributed by atoms with Crippen molar-refractivity contribution in [3.05, 3.63) is 84.1 Å². The quantitative estimate of drug-likeness (QED) is 0.118. The average molecular weight is 899 g/mol. The Balaban J connectivity index is 0.000000266. The molecule has 13 nitrogen and oxygen atoms in total. The molecule has 0 bridgehead atoms. The first-order valence-electron chi connectivity index (χ1n) is 21.9. The summed E-state index contributed by atoms with van der Waals surface area (Å²) < 4.78 is 7.04. The molecule has 0 saturated carbocycles. The first kappa shape index (κ1) is 51.5. The maximum Gasteiger partial charge on any atom is 0.407 e. The molecule has 2 aromatic carbocycles. The smallest absolute Gasteiger partial charge is 0.407 e. The molecule has 0 unspecified atom stereocenters. The van der Waals surface area contributed by atoms with E-state index < -0.39 is 6.09 Å². The van der Waals surface area contributed by atoms with Gasteiger partial charge in [-0.25, -0.2) is 9.78 Å². The Bertz CT molecular complexity index is 2070. The number of ether oxygens (including phenoxy) is 1. The standard InChI is InChI=1S/C24H16N4S2.C8H14N2O3.C8H14N2O2.2C3H8.C2H6/c1-5-17(21-9-10-27-28-21)6-2-15(1)19-12-29-24-20(13-30-23(19)24)16-3-7-18(8-4-16)22-11-25-14-26-22;1-13-8(12)9-6-7(11)10-4-2-3-5-10;1-7(11)9-6-8(12)10-4-2-3-5-10;2*1-3-2;1-2/h1-14H,(H,25,26)(H,27,28);2-6H2,1H3,(H,9,12);2-6H2,1H3,(H,9,11);2*3H2,1-2H3;1-2H3. The van der Waals surface area contributed by atoms with Gasteiger partial charge in [-0.2, -0.15) is 5.10 Å². The van der Waals surface area contributed by atoms with Crippen LogP contribution in [0.5, 0.6) is 0 Å². The van der Waals surface area contributed by atoms with Crippen molar-refractivity contribution in [2.45, 2.75) is 87.0 Å². The molecule has 4 aromatic heterocycles. The molecule has 0 radical (unpaired) electrons. The minimum atomic E-state index is -0.562. The summed E-state index contributed by atoms with van der Waals surface area (Å²) in [6, 6.07) is 19.3. The molecule has 63 heavy (non-hydrogen) atoms. The number of methoxy groups -OCH3 is 1. The van der Waals surface area contributed by atoms with Crippen molar-refractivity contribution in [2.24, 2.45) is 0 Å². The number of fused-ring (bicyclic) bond motifs is 1. The second kappa shape index (κ2) is 28.7. The van der Waals surface area contributed by atoms with E-state index in [9.17, 15) is 19.2 Å². The lowest BCUT2D eigenvalue weighted by atomic mass is 10.0. The van der Waals surface area contributed by atoms with Crippen LogP contribution in [0, 0.1) is 0 Å². The normalized spacial score (nSPS) is 12.4. The van der Waals surface area contributed by atoms with Gasteiger partial charge < -0.3 is 30.2 Å². The molecule has 4 amide bonds. The Labute approximate surface area is 381 Å². The van der Waals surface area contributed by atoms with Gasteiger partial charge in [-0.1, -0.05) is 103 Å². The third-order valence-corrected chi connectivity index (χ3v) is 11.4. The Kier molecular flexibility index (Phi) is 23.5. The zero-order chi connectivity index (χ0) is 46.0. The molecule has 8 rings (SSSR count). The number of aromatic amines is 2. The number of carbonyl (C=O) groups excluding carboxylic acids is 4. The van der Waals surface area contributed by atoms with Crippen LogP contribution in [0.3, 0.4) is 0 Å². The summed E-state index contributed by atoms with van der Waals surface area (Å²) in [7, 11) is 1.27. The molecule has 2 aliphatic heterocycles. The predicted molar refractivity (Wildman–Crippen MR) is 260 cm³/mol. The van der Waals surface area contributed by atoms with Gasteiger partial charge in [0.2, 0.25) is 17.7 Å². The summed E-state index contributed by atoms with van der Waals surface area (Å²) in [6.45, 7) is 17.4. The van der Waals surface area contributed by atoms with Gasteiger partial charge in [-0.3, -0.25) is 19.5 Å². The number of likely N-dealkylation sites (tertiary alicyclic amines) is 2. The zero-order valence-electron chi connectivity index (χ0n) is 38.2. The van der Waals surface area contributed by atoms with Crippen LogP contribution >= 0.6 is 22.7 Å². The number of nitrogens with zero attached hydrogens (tertiary/aromatic N) is 4. The molecule has 6 heterocycles. The van der Waals surface area contributed by atoms with Crippen LogP contribution in [0.15, 0.2) is 84.1 Å². The maximum absolute atomic E-state index is 11.3. The van der Waals surface area contributed by atoms with Gasteiger partial charge in [-0.05, 0) is 54.0 Å². The Morgan fingerprint density at radius 2 is 1.10 bits per heavy atom. The Hall–Kier alpha value is -5.80. The average Bonchev–Trinajstić information content (AvgIpc) is 4.17. The van der Waals surface area contributed by atoms with Gasteiger partial charge in [0.05, 0.1) is 47.0 Å². The first-order chi connectivity index (χ1) is 30.6. The molecule has 4 N–H and O–H groups in total. The number of imidazole rings is 1. The van der Waals surface area contributed by atoms with Gasteiger partial charge in [-0.15, -0.1) is 22.7 Å². The number of aromatic nitrogens is 4. The highest BCUT2D eigenvalue weighted by Crippen LogP contribution is 2.44. The van der Waals surface area contributed by atoms with Gasteiger partial charge >= 0.3 is 6.09 Å². The van der Waals surface area contributed by atoms with E-state index in [0.29, 0.717) is 0 Å². The van der Waals surface area contributed by atoms with Crippen LogP contribution in [-0.2, 0) is 19.1 Å². The van der Waals surface area contributed by atoms with Crippen LogP contribution in [0.1, 0.15) is 87.0 Å². The van der Waals surface area contributed by atoms with Crippen LogP contribution < -0.4 is 10.6 Å². The molecule has 0 spiro atoms. The van der Waals surface area contributed by atoms with E-state index in [1.54, 1.807) is 22.3 Å². The molecule has 15 heteroatoms. The van der Waals surface area contributed by atoms with Crippen molar-refractivity contribution in [2.75, 3.05) is 46.4 Å². The summed E-state index contributed by atoms with van der Waals surface area (Å²) in [6.07, 6.45) is 11.6. The summed E-state index contributed by atoms with van der Waals surface area (Å²) in [5, 5.41) is 16.5. The zero-order valence-corrected chi connectivity index (χ0v) is 39.8. The van der Waals surface area contributed by atoms with Crippen molar-refractivity contribution >= 4 is 55.9 Å². The summed E-state index contributed by atoms with van der Waals surface area (Å²) in [4.78, 5) is 54.5. The van der Waals surface area contributed by atoms with E-state index in [4.69, 9.17) is 0 Å². The van der Waals surface area contributed by atoms with E-state index in [2.05, 4.69) is 123 Å². The molecule has 2 fully saturated rings. The summed E-state index contributed by atoms with van der Waals surface area (Å²) in [5.74, 6) is -0.159. The Morgan fingerprint density at radius 3 is 1.48 bits per heavy atom. The number of rotatable bonds is 8. The minimum Gasteiger partial charge on any atom is -0.453 e. The monoisotopic (exact) mass is 898 g/mol. The largest absolute Gasteiger partial charge is 0.453 e. The molecule has 2 saturated heterocycles. The highest BCUT2D eigenvalue weighted by molar-refractivity contribution is 7.27. The lowest BCUT2D eigenvalue weighted by Gasteiger charge is -2.14. The number of amides is 4. The van der Waals surface area contributed by atoms with E-state index in [0.717, 1.165) is 74.4 Å². The number of hydrogen-bond donors (Lipinski definition) is 4. The van der Waals surface area contributed by atoms with Crippen LogP contribution in [-0.4, -0.2) is 100 Å². The SMILES string of the molecule is CC.CC(=O)NCC(=O)N1CCCC1.CCC.CCC.COC(=O)NCC(=O)N1CCCC1.c1cc(-c2ccc(-c3csc4c(-c5ccc(-c6cnc[nH]6)cc5)csc34)cc2)[nH]n1. The number of hydrogen-bond acceptors (Lipinski definition) is 9. The van der Waals surface area contributed by atoms with Crippen molar-refractivity contribution < 1.29 is 23.9 Å². The summed E-state index contributed by atoms with van der Waals surface area (Å²) in [5.41, 5.74) is 9.45. The molecular weight excluding hydrogens is 833 g/mol. The number of carbonyl (C=O) groups is 4. The molecule has 0 aliphatic carbocycles. The fraction of sp³-hybridized carbons (Fsp3) is 0.417. The minimum absolute atomic E-state index is 0.0303. The van der Waals surface area contributed by atoms with Crippen molar-refractivity contribution in [3.8, 4) is 44.8 Å². The van der Waals surface area contributed by atoms with E-state index in [-0.39, 0.29) is 30.8 Å². The van der Waals surface area contributed by atoms with E-state index in [1.165, 1.54) is 58.5 Å². The molecule has 340 valence electrons. The second-order valence-electron chi connectivity index (χ2n) is 14.4. The van der Waals surface area contributed by atoms with E-state index in [1.807, 2.05) is 48.8 Å². The van der Waals surface area contributed by atoms with Gasteiger partial charge in [0.25, 0.3) is 0 Å². The third kappa shape index (κ3) is 16.4. The highest BCUT2D eigenvalue weighted by Gasteiger charge is 2.19. The number of H-pyrrole nitrogens is 2. The van der Waals surface area contributed by atoms with Gasteiger partial charge in [0.15, 0.2) is 0 Å².